The number of rotatable bonds is 4. The number of nitrogens with two attached hydrogens (primary N) is 2. The number of hydrogen-bond acceptors (Lipinski definition) is 7. The number of aryl methyl sites for hydroxylation is 1. The predicted octanol–water partition coefficient (Wildman–Crippen LogP) is 3.55. The highest BCUT2D eigenvalue weighted by atomic mass is 16.4. The third kappa shape index (κ3) is 3.56. The van der Waals surface area contributed by atoms with Crippen molar-refractivity contribution in [3.8, 4) is 0 Å². The molecule has 30 heavy (non-hydrogen) atoms. The van der Waals surface area contributed by atoms with Crippen molar-refractivity contribution in [2.45, 2.75) is 44.7 Å². The number of aromatic carboxylic acids is 1. The average molecular weight is 406 g/mol. The number of carboxylic acids is 1. The van der Waals surface area contributed by atoms with E-state index in [9.17, 15) is 9.90 Å². The lowest BCUT2D eigenvalue weighted by molar-refractivity contribution is 0.0698. The van der Waals surface area contributed by atoms with Crippen LogP contribution >= 0.6 is 0 Å². The fraction of sp³-hybridized carbons (Fsp3) is 0.318. The molecular weight excluding hydrogens is 380 g/mol. The molecular formula is C22H26N6O2. The van der Waals surface area contributed by atoms with Crippen LogP contribution in [0, 0.1) is 6.92 Å². The van der Waals surface area contributed by atoms with Gasteiger partial charge in [0.25, 0.3) is 0 Å². The summed E-state index contributed by atoms with van der Waals surface area (Å²) in [6, 6.07) is 12.9. The van der Waals surface area contributed by atoms with Gasteiger partial charge in [0.1, 0.15) is 5.66 Å². The van der Waals surface area contributed by atoms with E-state index in [1.54, 1.807) is 12.1 Å². The van der Waals surface area contributed by atoms with E-state index >= 15 is 0 Å². The number of aliphatic imine (C=N–C) groups is 2. The van der Waals surface area contributed by atoms with E-state index in [0.717, 1.165) is 43.4 Å². The number of para-hydroxylation sites is 1. The first kappa shape index (κ1) is 19.8. The van der Waals surface area contributed by atoms with E-state index in [1.165, 1.54) is 0 Å². The molecule has 1 spiro atoms. The standard InChI is InChI=1S/C22H26N6O2/c1-14-8-10-15(11-9-14)25-18-16(19(29)30)6-5-7-17(18)28-21(24)26-20(23)27-22(28)12-3-2-4-13-22/h5-11,25H,2-4,12-13H2,1H3,(H,29,30)(H4,23,24,26,27). The Hall–Kier alpha value is -3.55. The molecule has 1 aliphatic heterocycles. The Morgan fingerprint density at radius 3 is 2.47 bits per heavy atom. The smallest absolute Gasteiger partial charge is 0.337 e. The summed E-state index contributed by atoms with van der Waals surface area (Å²) in [5, 5.41) is 13.1. The van der Waals surface area contributed by atoms with Gasteiger partial charge in [-0.1, -0.05) is 30.2 Å². The van der Waals surface area contributed by atoms with E-state index in [1.807, 2.05) is 42.2 Å². The third-order valence-electron chi connectivity index (χ3n) is 5.69. The van der Waals surface area contributed by atoms with Gasteiger partial charge in [-0.2, -0.15) is 4.99 Å². The number of anilines is 3. The van der Waals surface area contributed by atoms with Crippen LogP contribution in [0.1, 0.15) is 48.0 Å². The summed E-state index contributed by atoms with van der Waals surface area (Å²) in [6.07, 6.45) is 4.63. The average Bonchev–Trinajstić information content (AvgIpc) is 2.70. The molecule has 1 saturated carbocycles. The monoisotopic (exact) mass is 406 g/mol. The van der Waals surface area contributed by atoms with Crippen molar-refractivity contribution < 1.29 is 9.90 Å². The fourth-order valence-electron chi connectivity index (χ4n) is 4.29. The van der Waals surface area contributed by atoms with Crippen molar-refractivity contribution in [1.82, 2.24) is 0 Å². The van der Waals surface area contributed by atoms with Crippen LogP contribution in [0.2, 0.25) is 0 Å². The van der Waals surface area contributed by atoms with Gasteiger partial charge in [-0.15, -0.1) is 0 Å². The summed E-state index contributed by atoms with van der Waals surface area (Å²) in [5.74, 6) is -0.647. The van der Waals surface area contributed by atoms with Crippen LogP contribution in [-0.4, -0.2) is 28.7 Å². The Bertz CT molecular complexity index is 1020. The second-order valence-electron chi connectivity index (χ2n) is 7.81. The molecule has 0 aromatic heterocycles. The van der Waals surface area contributed by atoms with Crippen LogP contribution in [-0.2, 0) is 0 Å². The fourth-order valence-corrected chi connectivity index (χ4v) is 4.29. The van der Waals surface area contributed by atoms with Crippen LogP contribution in [0.25, 0.3) is 0 Å². The van der Waals surface area contributed by atoms with Gasteiger partial charge in [-0.25, -0.2) is 9.79 Å². The van der Waals surface area contributed by atoms with E-state index < -0.39 is 11.6 Å². The van der Waals surface area contributed by atoms with Gasteiger partial charge < -0.3 is 21.9 Å². The number of nitrogens with one attached hydrogen (secondary N) is 1. The minimum Gasteiger partial charge on any atom is -0.478 e. The zero-order valence-electron chi connectivity index (χ0n) is 16.9. The van der Waals surface area contributed by atoms with Crippen LogP contribution in [0.4, 0.5) is 17.1 Å². The van der Waals surface area contributed by atoms with Gasteiger partial charge in [0.2, 0.25) is 11.9 Å². The molecule has 0 atom stereocenters. The lowest BCUT2D eigenvalue weighted by Crippen LogP contribution is -2.58. The Balaban J connectivity index is 1.86. The lowest BCUT2D eigenvalue weighted by Gasteiger charge is -2.46. The summed E-state index contributed by atoms with van der Waals surface area (Å²) in [4.78, 5) is 22.8. The third-order valence-corrected chi connectivity index (χ3v) is 5.69. The molecule has 2 aromatic rings. The Morgan fingerprint density at radius 2 is 1.80 bits per heavy atom. The largest absolute Gasteiger partial charge is 0.478 e. The summed E-state index contributed by atoms with van der Waals surface area (Å²) >= 11 is 0. The Morgan fingerprint density at radius 1 is 1.10 bits per heavy atom. The van der Waals surface area contributed by atoms with E-state index in [-0.39, 0.29) is 17.5 Å². The molecule has 8 heteroatoms. The Labute approximate surface area is 175 Å². The van der Waals surface area contributed by atoms with Crippen molar-refractivity contribution in [3.63, 3.8) is 0 Å². The maximum atomic E-state index is 12.0. The van der Waals surface area contributed by atoms with Gasteiger partial charge in [0.15, 0.2) is 0 Å². The molecule has 0 radical (unpaired) electrons. The van der Waals surface area contributed by atoms with Gasteiger partial charge >= 0.3 is 5.97 Å². The number of carboxylic acid groups (broad SMARTS) is 1. The summed E-state index contributed by atoms with van der Waals surface area (Å²) in [5.41, 5.74) is 14.8. The molecule has 8 nitrogen and oxygen atoms in total. The second kappa shape index (κ2) is 7.70. The highest BCUT2D eigenvalue weighted by Gasteiger charge is 2.43. The zero-order valence-corrected chi connectivity index (χ0v) is 16.9. The van der Waals surface area contributed by atoms with Gasteiger partial charge in [0.05, 0.1) is 16.9 Å². The first-order valence-corrected chi connectivity index (χ1v) is 10.1. The highest BCUT2D eigenvalue weighted by Crippen LogP contribution is 2.43. The Kier molecular flexibility index (Phi) is 5.07. The first-order chi connectivity index (χ1) is 14.4. The van der Waals surface area contributed by atoms with E-state index in [4.69, 9.17) is 16.5 Å². The van der Waals surface area contributed by atoms with Gasteiger partial charge in [0, 0.05) is 5.69 Å². The van der Waals surface area contributed by atoms with Crippen LogP contribution in [0.5, 0.6) is 0 Å². The normalized spacial score (nSPS) is 18.0. The predicted molar refractivity (Wildman–Crippen MR) is 119 cm³/mol. The van der Waals surface area contributed by atoms with Gasteiger partial charge in [-0.05, 0) is 56.9 Å². The van der Waals surface area contributed by atoms with Crippen LogP contribution < -0.4 is 21.7 Å². The van der Waals surface area contributed by atoms with Crippen molar-refractivity contribution in [2.24, 2.45) is 21.5 Å². The molecule has 0 amide bonds. The maximum Gasteiger partial charge on any atom is 0.337 e. The molecule has 2 aliphatic rings. The minimum atomic E-state index is -1.03. The molecule has 6 N–H and O–H groups in total. The minimum absolute atomic E-state index is 0.148. The van der Waals surface area contributed by atoms with E-state index in [0.29, 0.717) is 11.4 Å². The summed E-state index contributed by atoms with van der Waals surface area (Å²) in [6.45, 7) is 2.00. The maximum absolute atomic E-state index is 12.0. The van der Waals surface area contributed by atoms with Gasteiger partial charge in [-0.3, -0.25) is 4.90 Å². The number of benzene rings is 2. The topological polar surface area (TPSA) is 129 Å². The highest BCUT2D eigenvalue weighted by molar-refractivity contribution is 6.09. The molecule has 0 saturated heterocycles. The number of carbonyl (C=O) groups is 1. The van der Waals surface area contributed by atoms with Crippen molar-refractivity contribution in [1.29, 1.82) is 0 Å². The number of hydrogen-bond donors (Lipinski definition) is 4. The van der Waals surface area contributed by atoms with Crippen LogP contribution in [0.15, 0.2) is 52.4 Å². The number of nitrogens with zero attached hydrogens (tertiary/aromatic N) is 3. The van der Waals surface area contributed by atoms with Crippen molar-refractivity contribution in [3.05, 3.63) is 53.6 Å². The molecule has 1 heterocycles. The molecule has 0 unspecified atom stereocenters. The molecule has 156 valence electrons. The van der Waals surface area contributed by atoms with Crippen molar-refractivity contribution >= 4 is 35.0 Å². The van der Waals surface area contributed by atoms with Crippen molar-refractivity contribution in [2.75, 3.05) is 10.2 Å². The molecule has 1 fully saturated rings. The van der Waals surface area contributed by atoms with E-state index in [2.05, 4.69) is 10.3 Å². The lowest BCUT2D eigenvalue weighted by atomic mass is 9.87. The molecule has 2 aromatic carbocycles. The summed E-state index contributed by atoms with van der Waals surface area (Å²) in [7, 11) is 0. The molecule has 0 bridgehead atoms. The number of guanidine groups is 2. The second-order valence-corrected chi connectivity index (χ2v) is 7.81. The SMILES string of the molecule is Cc1ccc(Nc2c(C(=O)O)cccc2N2C(N)=NC(N)=NC23CCCCC3)cc1. The molecule has 1 aliphatic carbocycles. The first-order valence-electron chi connectivity index (χ1n) is 10.1. The summed E-state index contributed by atoms with van der Waals surface area (Å²) < 4.78 is 0. The van der Waals surface area contributed by atoms with Crippen LogP contribution in [0.3, 0.4) is 0 Å². The zero-order chi connectivity index (χ0) is 21.3. The molecule has 4 rings (SSSR count). The quantitative estimate of drug-likeness (QED) is 0.614.